The van der Waals surface area contributed by atoms with Gasteiger partial charge in [-0.1, -0.05) is 23.2 Å². The zero-order valence-corrected chi connectivity index (χ0v) is 17.2. The zero-order valence-electron chi connectivity index (χ0n) is 15.7. The van der Waals surface area contributed by atoms with Gasteiger partial charge in [0.1, 0.15) is 17.2 Å². The summed E-state index contributed by atoms with van der Waals surface area (Å²) in [7, 11) is 4.50. The third kappa shape index (κ3) is 4.72. The molecule has 0 bridgehead atoms. The molecule has 3 rings (SSSR count). The summed E-state index contributed by atoms with van der Waals surface area (Å²) in [5.74, 6) is 0.845. The highest BCUT2D eigenvalue weighted by Gasteiger charge is 2.13. The number of halogens is 3. The maximum absolute atomic E-state index is 14.2. The van der Waals surface area contributed by atoms with Gasteiger partial charge in [-0.05, 0) is 18.2 Å². The minimum Gasteiger partial charge on any atom is -0.495 e. The maximum Gasteiger partial charge on any atom is 0.229 e. The number of hydrogen-bond acceptors (Lipinski definition) is 7. The van der Waals surface area contributed by atoms with Crippen LogP contribution in [0.4, 0.5) is 27.5 Å². The van der Waals surface area contributed by atoms with Gasteiger partial charge in [-0.25, -0.2) is 9.37 Å². The van der Waals surface area contributed by atoms with Gasteiger partial charge < -0.3 is 24.8 Å². The molecule has 1 heterocycles. The molecule has 0 atom stereocenters. The van der Waals surface area contributed by atoms with E-state index in [0.29, 0.717) is 38.7 Å². The van der Waals surface area contributed by atoms with Gasteiger partial charge in [0.15, 0.2) is 11.6 Å². The van der Waals surface area contributed by atoms with Gasteiger partial charge in [0, 0.05) is 17.8 Å². The molecule has 0 fully saturated rings. The Kier molecular flexibility index (Phi) is 6.46. The third-order valence-electron chi connectivity index (χ3n) is 3.88. The van der Waals surface area contributed by atoms with E-state index in [9.17, 15) is 4.39 Å². The summed E-state index contributed by atoms with van der Waals surface area (Å²) in [6.45, 7) is 0. The topological polar surface area (TPSA) is 77.5 Å². The normalized spacial score (nSPS) is 10.4. The van der Waals surface area contributed by atoms with Gasteiger partial charge in [0.05, 0.1) is 43.3 Å². The van der Waals surface area contributed by atoms with Crippen molar-refractivity contribution >= 4 is 46.3 Å². The van der Waals surface area contributed by atoms with Crippen LogP contribution in [0.25, 0.3) is 0 Å². The molecule has 2 aromatic carbocycles. The van der Waals surface area contributed by atoms with Gasteiger partial charge in [0.2, 0.25) is 5.95 Å². The van der Waals surface area contributed by atoms with E-state index in [0.717, 1.165) is 6.20 Å². The van der Waals surface area contributed by atoms with Gasteiger partial charge in [-0.3, -0.25) is 0 Å². The number of methoxy groups -OCH3 is 3. The highest BCUT2D eigenvalue weighted by atomic mass is 35.5. The molecule has 0 aliphatic carbocycles. The van der Waals surface area contributed by atoms with E-state index < -0.39 is 5.82 Å². The van der Waals surface area contributed by atoms with E-state index in [1.165, 1.54) is 21.3 Å². The van der Waals surface area contributed by atoms with E-state index in [2.05, 4.69) is 20.6 Å². The van der Waals surface area contributed by atoms with E-state index in [-0.39, 0.29) is 11.8 Å². The quantitative estimate of drug-likeness (QED) is 0.508. The second-order valence-corrected chi connectivity index (χ2v) is 6.49. The summed E-state index contributed by atoms with van der Waals surface area (Å²) in [6.07, 6.45) is 1.04. The lowest BCUT2D eigenvalue weighted by atomic mass is 10.2. The van der Waals surface area contributed by atoms with E-state index in [1.807, 2.05) is 0 Å². The Bertz CT molecular complexity index is 1040. The first-order valence-corrected chi connectivity index (χ1v) is 9.02. The maximum atomic E-state index is 14.2. The number of anilines is 4. The fourth-order valence-corrected chi connectivity index (χ4v) is 2.96. The van der Waals surface area contributed by atoms with Crippen LogP contribution in [0.1, 0.15) is 0 Å². The molecular formula is C19H17Cl2FN4O3. The average Bonchev–Trinajstić information content (AvgIpc) is 2.71. The number of nitrogens with zero attached hydrogens (tertiary/aromatic N) is 2. The molecular weight excluding hydrogens is 422 g/mol. The molecule has 0 unspecified atom stereocenters. The molecule has 0 spiro atoms. The number of hydrogen-bond donors (Lipinski definition) is 2. The molecule has 0 radical (unpaired) electrons. The second kappa shape index (κ2) is 9.02. The van der Waals surface area contributed by atoms with Crippen LogP contribution in [0.3, 0.4) is 0 Å². The van der Waals surface area contributed by atoms with Crippen LogP contribution in [0.2, 0.25) is 10.0 Å². The second-order valence-electron chi connectivity index (χ2n) is 5.68. The van der Waals surface area contributed by atoms with Crippen LogP contribution >= 0.6 is 23.2 Å². The van der Waals surface area contributed by atoms with Crippen molar-refractivity contribution in [3.8, 4) is 17.2 Å². The molecule has 7 nitrogen and oxygen atoms in total. The highest BCUT2D eigenvalue weighted by Crippen LogP contribution is 2.37. The molecule has 0 saturated heterocycles. The fraction of sp³-hybridized carbons (Fsp3) is 0.158. The molecule has 10 heteroatoms. The van der Waals surface area contributed by atoms with Gasteiger partial charge in [-0.2, -0.15) is 4.98 Å². The van der Waals surface area contributed by atoms with Crippen molar-refractivity contribution in [2.45, 2.75) is 0 Å². The molecule has 29 heavy (non-hydrogen) atoms. The van der Waals surface area contributed by atoms with Crippen LogP contribution in [-0.4, -0.2) is 31.3 Å². The van der Waals surface area contributed by atoms with Gasteiger partial charge in [-0.15, -0.1) is 0 Å². The fourth-order valence-electron chi connectivity index (χ4n) is 2.47. The Hall–Kier alpha value is -2.97. The summed E-state index contributed by atoms with van der Waals surface area (Å²) in [6, 6.07) is 8.16. The Morgan fingerprint density at radius 1 is 0.862 bits per heavy atom. The van der Waals surface area contributed by atoms with E-state index >= 15 is 0 Å². The number of rotatable bonds is 7. The molecule has 0 aliphatic rings. The lowest BCUT2D eigenvalue weighted by Gasteiger charge is -2.14. The van der Waals surface area contributed by atoms with Crippen LogP contribution in [-0.2, 0) is 0 Å². The van der Waals surface area contributed by atoms with Gasteiger partial charge >= 0.3 is 0 Å². The molecule has 0 aliphatic heterocycles. The SMILES string of the molecule is COc1ccc(Nc2nc(Nc3cc(OC)c(Cl)cc3OC)ncc2F)cc1Cl. The first kappa shape index (κ1) is 20.8. The van der Waals surface area contributed by atoms with Crippen molar-refractivity contribution in [2.24, 2.45) is 0 Å². The third-order valence-corrected chi connectivity index (χ3v) is 4.47. The predicted molar refractivity (Wildman–Crippen MR) is 111 cm³/mol. The smallest absolute Gasteiger partial charge is 0.229 e. The summed E-state index contributed by atoms with van der Waals surface area (Å²) in [5, 5.41) is 6.60. The molecule has 0 amide bonds. The Morgan fingerprint density at radius 3 is 2.21 bits per heavy atom. The zero-order chi connectivity index (χ0) is 21.0. The lowest BCUT2D eigenvalue weighted by molar-refractivity contribution is 0.405. The van der Waals surface area contributed by atoms with Crippen molar-refractivity contribution < 1.29 is 18.6 Å². The predicted octanol–water partition coefficient (Wildman–Crippen LogP) is 5.44. The van der Waals surface area contributed by atoms with Crippen LogP contribution in [0.5, 0.6) is 17.2 Å². The van der Waals surface area contributed by atoms with Crippen molar-refractivity contribution in [1.82, 2.24) is 9.97 Å². The van der Waals surface area contributed by atoms with Crippen LogP contribution in [0.15, 0.2) is 36.5 Å². The monoisotopic (exact) mass is 438 g/mol. The van der Waals surface area contributed by atoms with Crippen molar-refractivity contribution in [3.63, 3.8) is 0 Å². The Morgan fingerprint density at radius 2 is 1.55 bits per heavy atom. The summed E-state index contributed by atoms with van der Waals surface area (Å²) < 4.78 is 29.8. The Labute approximate surface area is 176 Å². The molecule has 0 saturated carbocycles. The average molecular weight is 439 g/mol. The number of aromatic nitrogens is 2. The number of benzene rings is 2. The van der Waals surface area contributed by atoms with Gasteiger partial charge in [0.25, 0.3) is 0 Å². The molecule has 3 aromatic rings. The van der Waals surface area contributed by atoms with E-state index in [4.69, 9.17) is 37.4 Å². The van der Waals surface area contributed by atoms with Crippen LogP contribution < -0.4 is 24.8 Å². The van der Waals surface area contributed by atoms with Crippen molar-refractivity contribution in [1.29, 1.82) is 0 Å². The minimum absolute atomic E-state index is 0.0383. The molecule has 2 N–H and O–H groups in total. The first-order valence-electron chi connectivity index (χ1n) is 8.26. The van der Waals surface area contributed by atoms with Crippen molar-refractivity contribution in [2.75, 3.05) is 32.0 Å². The van der Waals surface area contributed by atoms with Crippen molar-refractivity contribution in [3.05, 3.63) is 52.4 Å². The summed E-state index contributed by atoms with van der Waals surface area (Å²) in [5.41, 5.74) is 1.03. The number of nitrogens with one attached hydrogen (secondary N) is 2. The van der Waals surface area contributed by atoms with E-state index in [1.54, 1.807) is 30.3 Å². The standard InChI is InChI=1S/C19H17Cl2FN4O3/c1-27-15-5-4-10(6-11(15)20)24-18-13(22)9-23-19(26-18)25-14-8-16(28-2)12(21)7-17(14)29-3/h4-9H,1-3H3,(H2,23,24,25,26). The van der Waals surface area contributed by atoms with Crippen LogP contribution in [0, 0.1) is 5.82 Å². The lowest BCUT2D eigenvalue weighted by Crippen LogP contribution is -2.04. The molecule has 152 valence electrons. The molecule has 1 aromatic heterocycles. The number of ether oxygens (including phenoxy) is 3. The minimum atomic E-state index is -0.636. The summed E-state index contributed by atoms with van der Waals surface area (Å²) in [4.78, 5) is 8.14. The largest absolute Gasteiger partial charge is 0.495 e. The Balaban J connectivity index is 1.89. The first-order chi connectivity index (χ1) is 13.9. The highest BCUT2D eigenvalue weighted by molar-refractivity contribution is 6.32. The summed E-state index contributed by atoms with van der Waals surface area (Å²) >= 11 is 12.2.